The second kappa shape index (κ2) is 6.64. The summed E-state index contributed by atoms with van der Waals surface area (Å²) in [6.07, 6.45) is -4.28. The van der Waals surface area contributed by atoms with Crippen LogP contribution in [-0.4, -0.2) is 17.6 Å². The van der Waals surface area contributed by atoms with Gasteiger partial charge in [0.1, 0.15) is 5.75 Å². The van der Waals surface area contributed by atoms with Gasteiger partial charge in [0.25, 0.3) is 0 Å². The Morgan fingerprint density at radius 3 is 2.43 bits per heavy atom. The zero-order valence-electron chi connectivity index (χ0n) is 11.4. The van der Waals surface area contributed by atoms with Gasteiger partial charge in [0.05, 0.1) is 6.10 Å². The lowest BCUT2D eigenvalue weighted by molar-refractivity contribution is -0.253. The highest BCUT2D eigenvalue weighted by molar-refractivity contribution is 5.30. The van der Waals surface area contributed by atoms with Gasteiger partial charge in [-0.3, -0.25) is 0 Å². The Morgan fingerprint density at radius 1 is 1.14 bits per heavy atom. The molecule has 21 heavy (non-hydrogen) atoms. The Hall–Kier alpha value is -1.30. The third-order valence-corrected chi connectivity index (χ3v) is 3.80. The Morgan fingerprint density at radius 2 is 1.81 bits per heavy atom. The molecule has 0 heterocycles. The molecule has 0 unspecified atom stereocenters. The number of aliphatic hydroxyl groups is 1. The fraction of sp³-hybridized carbons (Fsp3) is 0.600. The molecule has 0 spiro atoms. The molecule has 0 amide bonds. The van der Waals surface area contributed by atoms with E-state index < -0.39 is 18.6 Å². The molecule has 1 N–H and O–H groups in total. The number of aliphatic hydroxyl groups excluding tert-OH is 1. The zero-order chi connectivity index (χ0) is 15.5. The molecule has 1 aliphatic rings. The van der Waals surface area contributed by atoms with E-state index in [4.69, 9.17) is 0 Å². The van der Waals surface area contributed by atoms with E-state index >= 15 is 0 Å². The highest BCUT2D eigenvalue weighted by atomic mass is 19.3. The Labute approximate surface area is 120 Å². The van der Waals surface area contributed by atoms with E-state index in [0.29, 0.717) is 5.56 Å². The van der Waals surface area contributed by atoms with Gasteiger partial charge in [-0.1, -0.05) is 31.4 Å². The fourth-order valence-corrected chi connectivity index (χ4v) is 2.69. The number of ether oxygens (including phenoxy) is 1. The van der Waals surface area contributed by atoms with Crippen molar-refractivity contribution in [2.24, 2.45) is 5.92 Å². The average Bonchev–Trinajstić information content (AvgIpc) is 2.47. The van der Waals surface area contributed by atoms with Crippen LogP contribution in [0.1, 0.15) is 43.8 Å². The topological polar surface area (TPSA) is 29.5 Å². The smallest absolute Gasteiger partial charge is 0.428 e. The maximum absolute atomic E-state index is 12.9. The maximum Gasteiger partial charge on any atom is 0.461 e. The number of hydrogen-bond acceptors (Lipinski definition) is 2. The van der Waals surface area contributed by atoms with E-state index in [1.807, 2.05) is 0 Å². The van der Waals surface area contributed by atoms with Crippen LogP contribution < -0.4 is 4.74 Å². The molecule has 6 heteroatoms. The van der Waals surface area contributed by atoms with E-state index in [0.717, 1.165) is 32.1 Å². The third-order valence-electron chi connectivity index (χ3n) is 3.80. The third kappa shape index (κ3) is 4.09. The van der Waals surface area contributed by atoms with Crippen LogP contribution in [0, 0.1) is 5.92 Å². The molecule has 0 aromatic heterocycles. The Balaban J connectivity index is 2.09. The minimum Gasteiger partial charge on any atom is -0.428 e. The SMILES string of the molecule is O[C@H](c1cccc(OC(F)(F)C(F)F)c1)C1CCCCC1. The lowest BCUT2D eigenvalue weighted by Crippen LogP contribution is -2.33. The van der Waals surface area contributed by atoms with Crippen molar-refractivity contribution >= 4 is 0 Å². The van der Waals surface area contributed by atoms with Crippen LogP contribution in [0.25, 0.3) is 0 Å². The first-order valence-electron chi connectivity index (χ1n) is 7.03. The summed E-state index contributed by atoms with van der Waals surface area (Å²) in [6, 6.07) is 5.38. The van der Waals surface area contributed by atoms with Crippen LogP contribution in [0.4, 0.5) is 17.6 Å². The van der Waals surface area contributed by atoms with Gasteiger partial charge < -0.3 is 9.84 Å². The lowest BCUT2D eigenvalue weighted by atomic mass is 9.83. The van der Waals surface area contributed by atoms with Crippen LogP contribution in [-0.2, 0) is 0 Å². The van der Waals surface area contributed by atoms with E-state index in [1.165, 1.54) is 18.2 Å². The minimum absolute atomic E-state index is 0.0737. The first-order chi connectivity index (χ1) is 9.90. The van der Waals surface area contributed by atoms with Crippen molar-refractivity contribution < 1.29 is 27.4 Å². The van der Waals surface area contributed by atoms with Crippen LogP contribution >= 0.6 is 0 Å². The molecule has 2 nitrogen and oxygen atoms in total. The highest BCUT2D eigenvalue weighted by Gasteiger charge is 2.44. The second-order valence-electron chi connectivity index (χ2n) is 5.38. The molecule has 0 bridgehead atoms. The van der Waals surface area contributed by atoms with Gasteiger partial charge in [-0.25, -0.2) is 0 Å². The van der Waals surface area contributed by atoms with Gasteiger partial charge in [-0.2, -0.15) is 17.6 Å². The highest BCUT2D eigenvalue weighted by Crippen LogP contribution is 2.36. The molecule has 0 radical (unpaired) electrons. The largest absolute Gasteiger partial charge is 0.461 e. The van der Waals surface area contributed by atoms with Gasteiger partial charge >= 0.3 is 12.5 Å². The van der Waals surface area contributed by atoms with E-state index in [-0.39, 0.29) is 11.7 Å². The molecule has 118 valence electrons. The quantitative estimate of drug-likeness (QED) is 0.809. The zero-order valence-corrected chi connectivity index (χ0v) is 11.4. The molecular weight excluding hydrogens is 288 g/mol. The van der Waals surface area contributed by atoms with Crippen molar-refractivity contribution in [3.63, 3.8) is 0 Å². The standard InChI is InChI=1S/C15H18F4O2/c16-14(17)15(18,19)21-12-8-4-7-11(9-12)13(20)10-5-2-1-3-6-10/h4,7-10,13-14,20H,1-3,5-6H2/t13-/m0/s1. The molecule has 1 aromatic carbocycles. The molecule has 1 atom stereocenters. The summed E-state index contributed by atoms with van der Waals surface area (Å²) in [5.74, 6) is -0.294. The number of alkyl halides is 4. The summed E-state index contributed by atoms with van der Waals surface area (Å²) >= 11 is 0. The Kier molecular flexibility index (Phi) is 5.08. The van der Waals surface area contributed by atoms with Gasteiger partial charge in [-0.15, -0.1) is 0 Å². The van der Waals surface area contributed by atoms with Crippen molar-refractivity contribution in [2.45, 2.75) is 50.7 Å². The van der Waals surface area contributed by atoms with Crippen molar-refractivity contribution in [1.82, 2.24) is 0 Å². The van der Waals surface area contributed by atoms with E-state index in [9.17, 15) is 22.7 Å². The summed E-state index contributed by atoms with van der Waals surface area (Å²) in [5, 5.41) is 10.3. The van der Waals surface area contributed by atoms with Crippen LogP contribution in [0.15, 0.2) is 24.3 Å². The Bertz CT molecular complexity index is 459. The minimum atomic E-state index is -4.53. The summed E-state index contributed by atoms with van der Waals surface area (Å²) in [5.41, 5.74) is 0.421. The molecule has 1 fully saturated rings. The second-order valence-corrected chi connectivity index (χ2v) is 5.38. The van der Waals surface area contributed by atoms with Gasteiger partial charge in [0.15, 0.2) is 0 Å². The lowest BCUT2D eigenvalue weighted by Gasteiger charge is -2.27. The molecule has 0 aliphatic heterocycles. The van der Waals surface area contributed by atoms with Crippen molar-refractivity contribution in [2.75, 3.05) is 0 Å². The summed E-state index contributed by atoms with van der Waals surface area (Å²) < 4.78 is 54.1. The average molecular weight is 306 g/mol. The summed E-state index contributed by atoms with van der Waals surface area (Å²) in [6.45, 7) is 0. The maximum atomic E-state index is 12.9. The predicted molar refractivity (Wildman–Crippen MR) is 69.6 cm³/mol. The summed E-state index contributed by atoms with van der Waals surface area (Å²) in [7, 11) is 0. The number of hydrogen-bond donors (Lipinski definition) is 1. The number of benzene rings is 1. The van der Waals surface area contributed by atoms with Gasteiger partial charge in [-0.05, 0) is 36.5 Å². The molecule has 1 aromatic rings. The van der Waals surface area contributed by atoms with Crippen molar-refractivity contribution in [1.29, 1.82) is 0 Å². The monoisotopic (exact) mass is 306 g/mol. The van der Waals surface area contributed by atoms with Crippen LogP contribution in [0.3, 0.4) is 0 Å². The molecular formula is C15H18F4O2. The van der Waals surface area contributed by atoms with E-state index in [1.54, 1.807) is 6.07 Å². The number of halogens is 4. The predicted octanol–water partition coefficient (Wildman–Crippen LogP) is 4.54. The first kappa shape index (κ1) is 16.1. The van der Waals surface area contributed by atoms with E-state index in [2.05, 4.69) is 4.74 Å². The normalized spacial score (nSPS) is 18.8. The van der Waals surface area contributed by atoms with Crippen LogP contribution in [0.5, 0.6) is 5.75 Å². The van der Waals surface area contributed by atoms with Crippen molar-refractivity contribution in [3.8, 4) is 5.75 Å². The van der Waals surface area contributed by atoms with Crippen molar-refractivity contribution in [3.05, 3.63) is 29.8 Å². The first-order valence-corrected chi connectivity index (χ1v) is 7.03. The molecule has 0 saturated heterocycles. The molecule has 2 rings (SSSR count). The van der Waals surface area contributed by atoms with Gasteiger partial charge in [0, 0.05) is 0 Å². The number of rotatable bonds is 5. The summed E-state index contributed by atoms with van der Waals surface area (Å²) in [4.78, 5) is 0. The van der Waals surface area contributed by atoms with Gasteiger partial charge in [0.2, 0.25) is 0 Å². The van der Waals surface area contributed by atoms with Crippen LogP contribution in [0.2, 0.25) is 0 Å². The molecule has 1 aliphatic carbocycles. The fourth-order valence-electron chi connectivity index (χ4n) is 2.69. The molecule has 1 saturated carbocycles.